The third-order valence-electron chi connectivity index (χ3n) is 2.72. The predicted octanol–water partition coefficient (Wildman–Crippen LogP) is 2.70. The van der Waals surface area contributed by atoms with Crippen molar-refractivity contribution in [3.63, 3.8) is 0 Å². The van der Waals surface area contributed by atoms with Crippen molar-refractivity contribution in [1.82, 2.24) is 5.32 Å². The van der Waals surface area contributed by atoms with Gasteiger partial charge in [0.1, 0.15) is 0 Å². The molecule has 3 nitrogen and oxygen atoms in total. The summed E-state index contributed by atoms with van der Waals surface area (Å²) < 4.78 is 6.38. The van der Waals surface area contributed by atoms with Crippen LogP contribution in [0.4, 0.5) is 0 Å². The van der Waals surface area contributed by atoms with Crippen LogP contribution >= 0.6 is 27.3 Å². The number of nitrogens with one attached hydrogen (secondary N) is 1. The fourth-order valence-electron chi connectivity index (χ4n) is 1.69. The number of thiophene rings is 1. The van der Waals surface area contributed by atoms with Crippen molar-refractivity contribution in [3.8, 4) is 0 Å². The van der Waals surface area contributed by atoms with E-state index >= 15 is 0 Å². The Morgan fingerprint density at radius 2 is 2.29 bits per heavy atom. The van der Waals surface area contributed by atoms with Gasteiger partial charge < -0.3 is 15.2 Å². The minimum Gasteiger partial charge on any atom is -0.396 e. The quantitative estimate of drug-likeness (QED) is 0.811. The molecule has 2 N–H and O–H groups in total. The summed E-state index contributed by atoms with van der Waals surface area (Å²) in [4.78, 5) is 1.29. The first-order valence-corrected chi connectivity index (χ1v) is 7.21. The van der Waals surface area contributed by atoms with Crippen molar-refractivity contribution >= 4 is 27.3 Å². The lowest BCUT2D eigenvalue weighted by molar-refractivity contribution is 0.0971. The molecule has 1 atom stereocenters. The highest BCUT2D eigenvalue weighted by molar-refractivity contribution is 9.11. The molecule has 0 aromatic carbocycles. The van der Waals surface area contributed by atoms with Crippen LogP contribution in [-0.4, -0.2) is 31.0 Å². The van der Waals surface area contributed by atoms with Crippen molar-refractivity contribution in [3.05, 3.63) is 20.3 Å². The van der Waals surface area contributed by atoms with Gasteiger partial charge in [-0.15, -0.1) is 11.3 Å². The molecule has 1 aromatic heterocycles. The van der Waals surface area contributed by atoms with Crippen molar-refractivity contribution in [2.45, 2.75) is 32.4 Å². The van der Waals surface area contributed by atoms with Gasteiger partial charge in [-0.3, -0.25) is 0 Å². The van der Waals surface area contributed by atoms with E-state index in [0.29, 0.717) is 13.0 Å². The summed E-state index contributed by atoms with van der Waals surface area (Å²) in [7, 11) is 1.68. The summed E-state index contributed by atoms with van der Waals surface area (Å²) in [6.07, 6.45) is 0.687. The zero-order valence-corrected chi connectivity index (χ0v) is 12.9. The lowest BCUT2D eigenvalue weighted by Gasteiger charge is -2.29. The second-order valence-electron chi connectivity index (χ2n) is 4.49. The van der Waals surface area contributed by atoms with Gasteiger partial charge in [0.05, 0.1) is 10.4 Å². The Kier molecular flexibility index (Phi) is 6.09. The van der Waals surface area contributed by atoms with Gasteiger partial charge in [0, 0.05) is 30.7 Å². The summed E-state index contributed by atoms with van der Waals surface area (Å²) >= 11 is 5.27. The van der Waals surface area contributed by atoms with Crippen LogP contribution in [0.2, 0.25) is 0 Å². The summed E-state index contributed by atoms with van der Waals surface area (Å²) in [6, 6.07) is 2.17. The Hall–Kier alpha value is 0.0600. The van der Waals surface area contributed by atoms with Gasteiger partial charge in [-0.2, -0.15) is 0 Å². The van der Waals surface area contributed by atoms with Crippen molar-refractivity contribution in [2.75, 3.05) is 20.3 Å². The number of hydrogen-bond acceptors (Lipinski definition) is 4. The molecule has 98 valence electrons. The molecule has 1 heterocycles. The van der Waals surface area contributed by atoms with Crippen LogP contribution in [0.5, 0.6) is 0 Å². The summed E-state index contributed by atoms with van der Waals surface area (Å²) in [5, 5.41) is 12.5. The average molecular weight is 322 g/mol. The number of aryl methyl sites for hydroxylation is 1. The Balaban J connectivity index is 2.57. The van der Waals surface area contributed by atoms with Gasteiger partial charge in [-0.05, 0) is 47.8 Å². The number of halogens is 1. The Morgan fingerprint density at radius 3 is 2.76 bits per heavy atom. The molecule has 1 rings (SSSR count). The zero-order valence-electron chi connectivity index (χ0n) is 10.5. The molecule has 0 radical (unpaired) electrons. The van der Waals surface area contributed by atoms with Gasteiger partial charge in [0.25, 0.3) is 0 Å². The van der Waals surface area contributed by atoms with E-state index < -0.39 is 0 Å². The van der Waals surface area contributed by atoms with E-state index in [1.54, 1.807) is 18.4 Å². The Labute approximate surface area is 115 Å². The molecule has 17 heavy (non-hydrogen) atoms. The van der Waals surface area contributed by atoms with E-state index in [1.807, 2.05) is 0 Å². The Bertz CT molecular complexity index is 329. The molecule has 0 aliphatic rings. The maximum atomic E-state index is 9.07. The van der Waals surface area contributed by atoms with Gasteiger partial charge >= 0.3 is 0 Å². The van der Waals surface area contributed by atoms with E-state index in [0.717, 1.165) is 6.54 Å². The molecule has 1 unspecified atom stereocenters. The highest BCUT2D eigenvalue weighted by atomic mass is 79.9. The van der Waals surface area contributed by atoms with Gasteiger partial charge in [-0.1, -0.05) is 0 Å². The Morgan fingerprint density at radius 1 is 1.59 bits per heavy atom. The van der Waals surface area contributed by atoms with E-state index in [2.05, 4.69) is 41.2 Å². The van der Waals surface area contributed by atoms with Crippen LogP contribution in [0, 0.1) is 6.92 Å². The largest absolute Gasteiger partial charge is 0.396 e. The monoisotopic (exact) mass is 321 g/mol. The van der Waals surface area contributed by atoms with Crippen LogP contribution < -0.4 is 5.32 Å². The van der Waals surface area contributed by atoms with E-state index in [9.17, 15) is 0 Å². The van der Waals surface area contributed by atoms with Gasteiger partial charge in [0.15, 0.2) is 0 Å². The molecular formula is C12H20BrNO2S. The van der Waals surface area contributed by atoms with Crippen LogP contribution in [0.25, 0.3) is 0 Å². The minimum absolute atomic E-state index is 0.167. The van der Waals surface area contributed by atoms with Crippen LogP contribution in [-0.2, 0) is 11.3 Å². The topological polar surface area (TPSA) is 41.5 Å². The van der Waals surface area contributed by atoms with E-state index in [4.69, 9.17) is 9.84 Å². The van der Waals surface area contributed by atoms with Crippen molar-refractivity contribution in [2.24, 2.45) is 0 Å². The normalized spacial score (nSPS) is 14.9. The summed E-state index contributed by atoms with van der Waals surface area (Å²) in [6.45, 7) is 5.73. The lowest BCUT2D eigenvalue weighted by Crippen LogP contribution is -2.46. The highest BCUT2D eigenvalue weighted by Gasteiger charge is 2.23. The molecule has 0 fully saturated rings. The number of rotatable bonds is 7. The molecule has 0 bridgehead atoms. The van der Waals surface area contributed by atoms with Gasteiger partial charge in [0.2, 0.25) is 0 Å². The maximum Gasteiger partial charge on any atom is 0.0730 e. The molecule has 0 spiro atoms. The zero-order chi connectivity index (χ0) is 12.9. The van der Waals surface area contributed by atoms with Crippen molar-refractivity contribution < 1.29 is 9.84 Å². The first kappa shape index (κ1) is 15.1. The first-order chi connectivity index (χ1) is 8.00. The number of aliphatic hydroxyl groups excluding tert-OH is 1. The molecule has 0 aliphatic heterocycles. The predicted molar refractivity (Wildman–Crippen MR) is 75.6 cm³/mol. The maximum absolute atomic E-state index is 9.07. The number of aliphatic hydroxyl groups is 1. The molecule has 5 heteroatoms. The second-order valence-corrected chi connectivity index (χ2v) is 6.94. The third-order valence-corrected chi connectivity index (χ3v) is 4.86. The van der Waals surface area contributed by atoms with Crippen LogP contribution in [0.1, 0.15) is 23.8 Å². The highest BCUT2D eigenvalue weighted by Crippen LogP contribution is 2.27. The standard InChI is InChI=1S/C12H20BrNO2S/c1-9-6-10(17-11(9)13)7-14-12(2,4-5-15)8-16-3/h6,14-15H,4-5,7-8H2,1-3H3. The SMILES string of the molecule is COCC(C)(CCO)NCc1cc(C)c(Br)s1. The number of methoxy groups -OCH3 is 1. The molecule has 1 aromatic rings. The summed E-state index contributed by atoms with van der Waals surface area (Å²) in [5.74, 6) is 0. The first-order valence-electron chi connectivity index (χ1n) is 5.60. The van der Waals surface area contributed by atoms with E-state index in [1.165, 1.54) is 14.2 Å². The third kappa shape index (κ3) is 4.67. The fraction of sp³-hybridized carbons (Fsp3) is 0.667. The van der Waals surface area contributed by atoms with Crippen molar-refractivity contribution in [1.29, 1.82) is 0 Å². The number of ether oxygens (including phenoxy) is 1. The minimum atomic E-state index is -0.173. The number of hydrogen-bond donors (Lipinski definition) is 2. The van der Waals surface area contributed by atoms with Crippen LogP contribution in [0.3, 0.4) is 0 Å². The molecule has 0 amide bonds. The fourth-order valence-corrected chi connectivity index (χ4v) is 3.26. The molecular weight excluding hydrogens is 302 g/mol. The molecule has 0 saturated heterocycles. The van der Waals surface area contributed by atoms with Crippen LogP contribution in [0.15, 0.2) is 9.85 Å². The molecule has 0 aliphatic carbocycles. The summed E-state index contributed by atoms with van der Waals surface area (Å²) in [5.41, 5.74) is 1.09. The second kappa shape index (κ2) is 6.85. The van der Waals surface area contributed by atoms with Gasteiger partial charge in [-0.25, -0.2) is 0 Å². The smallest absolute Gasteiger partial charge is 0.0730 e. The average Bonchev–Trinajstić information content (AvgIpc) is 2.57. The molecule has 0 saturated carbocycles. The lowest BCUT2D eigenvalue weighted by atomic mass is 9.99. The van der Waals surface area contributed by atoms with E-state index in [-0.39, 0.29) is 12.1 Å².